The zero-order chi connectivity index (χ0) is 18.7. The van der Waals surface area contributed by atoms with E-state index >= 15 is 0 Å². The summed E-state index contributed by atoms with van der Waals surface area (Å²) in [6.45, 7) is 2.54. The van der Waals surface area contributed by atoms with Crippen molar-refractivity contribution in [3.8, 4) is 0 Å². The van der Waals surface area contributed by atoms with Crippen molar-refractivity contribution in [1.82, 2.24) is 0 Å². The fourth-order valence-electron chi connectivity index (χ4n) is 2.24. The van der Waals surface area contributed by atoms with Gasteiger partial charge in [0, 0.05) is 17.6 Å². The smallest absolute Gasteiger partial charge is 0.244 e. The monoisotopic (exact) mass is 370 g/mol. The van der Waals surface area contributed by atoms with Crippen LogP contribution in [0.5, 0.6) is 0 Å². The van der Waals surface area contributed by atoms with Gasteiger partial charge in [0.15, 0.2) is 17.5 Å². The van der Waals surface area contributed by atoms with Gasteiger partial charge in [0.05, 0.1) is 5.69 Å². The van der Waals surface area contributed by atoms with E-state index in [1.54, 1.807) is 25.1 Å². The predicted molar refractivity (Wildman–Crippen MR) is 89.2 cm³/mol. The number of hydrogen-bond acceptors (Lipinski definition) is 2. The zero-order valence-corrected chi connectivity index (χ0v) is 14.1. The number of benzene rings is 2. The van der Waals surface area contributed by atoms with Crippen molar-refractivity contribution < 1.29 is 22.8 Å². The summed E-state index contributed by atoms with van der Waals surface area (Å²) in [5.41, 5.74) is 0.604. The Balaban J connectivity index is 2.22. The van der Waals surface area contributed by atoms with Crippen LogP contribution >= 0.6 is 11.6 Å². The van der Waals surface area contributed by atoms with E-state index in [1.807, 2.05) is 0 Å². The summed E-state index contributed by atoms with van der Waals surface area (Å²) in [5, 5.41) is 2.59. The van der Waals surface area contributed by atoms with Crippen LogP contribution in [0.3, 0.4) is 0 Å². The third-order valence-corrected chi connectivity index (χ3v) is 3.68. The minimum atomic E-state index is -1.69. The van der Waals surface area contributed by atoms with E-state index < -0.39 is 41.5 Å². The molecule has 0 unspecified atom stereocenters. The Morgan fingerprint density at radius 3 is 2.40 bits per heavy atom. The average molecular weight is 371 g/mol. The fraction of sp³-hybridized carbons (Fsp3) is 0.176. The average Bonchev–Trinajstić information content (AvgIpc) is 2.53. The molecule has 1 N–H and O–H groups in total. The van der Waals surface area contributed by atoms with E-state index in [4.69, 9.17) is 11.6 Å². The molecule has 0 aromatic heterocycles. The number of halogens is 4. The second-order valence-electron chi connectivity index (χ2n) is 5.31. The van der Waals surface area contributed by atoms with Crippen molar-refractivity contribution >= 4 is 34.8 Å². The van der Waals surface area contributed by atoms with Crippen LogP contribution in [-0.2, 0) is 9.59 Å². The van der Waals surface area contributed by atoms with E-state index in [9.17, 15) is 22.8 Å². The number of nitrogens with one attached hydrogen (secondary N) is 1. The molecular formula is C17H14ClF3N2O2. The topological polar surface area (TPSA) is 49.4 Å². The first kappa shape index (κ1) is 18.8. The van der Waals surface area contributed by atoms with Crippen LogP contribution in [0.15, 0.2) is 30.3 Å². The van der Waals surface area contributed by atoms with E-state index in [-0.39, 0.29) is 0 Å². The summed E-state index contributed by atoms with van der Waals surface area (Å²) in [4.78, 5) is 25.1. The fourth-order valence-corrected chi connectivity index (χ4v) is 2.47. The zero-order valence-electron chi connectivity index (χ0n) is 13.4. The summed E-state index contributed by atoms with van der Waals surface area (Å²) in [6, 6.07) is 6.36. The molecule has 132 valence electrons. The Hall–Kier alpha value is -2.54. The number of amides is 2. The summed E-state index contributed by atoms with van der Waals surface area (Å²) < 4.78 is 39.8. The van der Waals surface area contributed by atoms with Crippen LogP contribution in [0.25, 0.3) is 0 Å². The van der Waals surface area contributed by atoms with E-state index in [0.29, 0.717) is 22.3 Å². The Bertz CT molecular complexity index is 843. The predicted octanol–water partition coefficient (Wildman–Crippen LogP) is 4.06. The molecule has 0 aliphatic heterocycles. The van der Waals surface area contributed by atoms with Gasteiger partial charge in [-0.2, -0.15) is 0 Å². The van der Waals surface area contributed by atoms with Crippen LogP contribution < -0.4 is 10.2 Å². The number of carbonyl (C=O) groups is 2. The Morgan fingerprint density at radius 1 is 1.12 bits per heavy atom. The second kappa shape index (κ2) is 7.57. The molecule has 0 heterocycles. The van der Waals surface area contributed by atoms with Crippen LogP contribution in [0.1, 0.15) is 12.5 Å². The first-order chi connectivity index (χ1) is 11.7. The lowest BCUT2D eigenvalue weighted by Gasteiger charge is -2.22. The SMILES string of the molecule is CC(=O)N(CC(=O)Nc1ccc(F)c(F)c1F)c1ccc(Cl)cc1C. The first-order valence-electron chi connectivity index (χ1n) is 7.18. The third kappa shape index (κ3) is 4.30. The lowest BCUT2D eigenvalue weighted by molar-refractivity contribution is -0.120. The maximum atomic E-state index is 13.6. The van der Waals surface area contributed by atoms with Gasteiger partial charge in [0.1, 0.15) is 6.54 Å². The molecule has 2 aromatic carbocycles. The molecule has 0 fully saturated rings. The van der Waals surface area contributed by atoms with Gasteiger partial charge in [-0.1, -0.05) is 11.6 Å². The molecule has 0 saturated carbocycles. The van der Waals surface area contributed by atoms with E-state index in [1.165, 1.54) is 11.8 Å². The van der Waals surface area contributed by atoms with Crippen LogP contribution in [0.4, 0.5) is 24.5 Å². The highest BCUT2D eigenvalue weighted by Gasteiger charge is 2.20. The number of nitrogens with zero attached hydrogens (tertiary/aromatic N) is 1. The third-order valence-electron chi connectivity index (χ3n) is 3.44. The van der Waals surface area contributed by atoms with Gasteiger partial charge >= 0.3 is 0 Å². The highest BCUT2D eigenvalue weighted by Crippen LogP contribution is 2.24. The highest BCUT2D eigenvalue weighted by molar-refractivity contribution is 6.30. The van der Waals surface area contributed by atoms with Gasteiger partial charge in [0.2, 0.25) is 11.8 Å². The van der Waals surface area contributed by atoms with Gasteiger partial charge in [0.25, 0.3) is 0 Å². The van der Waals surface area contributed by atoms with E-state index in [0.717, 1.165) is 6.07 Å². The van der Waals surface area contributed by atoms with Gasteiger partial charge in [-0.05, 0) is 42.8 Å². The summed E-state index contributed by atoms with van der Waals surface area (Å²) in [6.07, 6.45) is 0. The van der Waals surface area contributed by atoms with Gasteiger partial charge in [-0.25, -0.2) is 13.2 Å². The Labute approximate surface area is 147 Å². The minimum absolute atomic E-state index is 0.425. The normalized spacial score (nSPS) is 10.5. The molecule has 4 nitrogen and oxygen atoms in total. The molecule has 0 spiro atoms. The van der Waals surface area contributed by atoms with E-state index in [2.05, 4.69) is 5.32 Å². The number of rotatable bonds is 4. The molecule has 8 heteroatoms. The molecule has 2 amide bonds. The number of carbonyl (C=O) groups excluding carboxylic acids is 2. The Morgan fingerprint density at radius 2 is 1.80 bits per heavy atom. The highest BCUT2D eigenvalue weighted by atomic mass is 35.5. The molecule has 0 bridgehead atoms. The van der Waals surface area contributed by atoms with Crippen molar-refractivity contribution in [1.29, 1.82) is 0 Å². The van der Waals surface area contributed by atoms with Gasteiger partial charge in [-0.15, -0.1) is 0 Å². The maximum absolute atomic E-state index is 13.6. The molecule has 0 atom stereocenters. The molecule has 0 aliphatic carbocycles. The number of hydrogen-bond donors (Lipinski definition) is 1. The van der Waals surface area contributed by atoms with Gasteiger partial charge in [-0.3, -0.25) is 9.59 Å². The standard InChI is InChI=1S/C17H14ClF3N2O2/c1-9-7-11(18)3-6-14(9)23(10(2)24)8-15(25)22-13-5-4-12(19)16(20)17(13)21/h3-7H,8H2,1-2H3,(H,22,25). The maximum Gasteiger partial charge on any atom is 0.244 e. The van der Waals surface area contributed by atoms with Crippen LogP contribution in [-0.4, -0.2) is 18.4 Å². The summed E-state index contributed by atoms with van der Waals surface area (Å²) in [5.74, 6) is -5.75. The number of aryl methyl sites for hydroxylation is 1. The second-order valence-corrected chi connectivity index (χ2v) is 5.74. The van der Waals surface area contributed by atoms with Crippen molar-refractivity contribution in [2.75, 3.05) is 16.8 Å². The molecular weight excluding hydrogens is 357 g/mol. The van der Waals surface area contributed by atoms with Gasteiger partial charge < -0.3 is 10.2 Å². The van der Waals surface area contributed by atoms with Crippen molar-refractivity contribution in [3.05, 3.63) is 58.4 Å². The molecule has 25 heavy (non-hydrogen) atoms. The first-order valence-corrected chi connectivity index (χ1v) is 7.56. The Kier molecular flexibility index (Phi) is 5.69. The largest absolute Gasteiger partial charge is 0.322 e. The molecule has 0 saturated heterocycles. The van der Waals surface area contributed by atoms with Crippen molar-refractivity contribution in [3.63, 3.8) is 0 Å². The lowest BCUT2D eigenvalue weighted by atomic mass is 10.1. The quantitative estimate of drug-likeness (QED) is 0.825. The van der Waals surface area contributed by atoms with Crippen molar-refractivity contribution in [2.45, 2.75) is 13.8 Å². The lowest BCUT2D eigenvalue weighted by Crippen LogP contribution is -2.37. The van der Waals surface area contributed by atoms with Crippen molar-refractivity contribution in [2.24, 2.45) is 0 Å². The molecule has 2 rings (SSSR count). The minimum Gasteiger partial charge on any atom is -0.322 e. The summed E-state index contributed by atoms with van der Waals surface area (Å²) in [7, 11) is 0. The summed E-state index contributed by atoms with van der Waals surface area (Å²) >= 11 is 5.87. The molecule has 0 radical (unpaired) electrons. The molecule has 2 aromatic rings. The molecule has 0 aliphatic rings. The van der Waals surface area contributed by atoms with Crippen LogP contribution in [0, 0.1) is 24.4 Å². The van der Waals surface area contributed by atoms with Crippen LogP contribution in [0.2, 0.25) is 5.02 Å². The number of anilines is 2.